The van der Waals surface area contributed by atoms with Crippen molar-refractivity contribution < 1.29 is 8.42 Å². The molecule has 0 spiro atoms. The van der Waals surface area contributed by atoms with Gasteiger partial charge in [0.25, 0.3) is 0 Å². The molecule has 5 heteroatoms. The van der Waals surface area contributed by atoms with Crippen molar-refractivity contribution in [2.75, 3.05) is 23.7 Å². The van der Waals surface area contributed by atoms with Gasteiger partial charge in [-0.15, -0.1) is 0 Å². The van der Waals surface area contributed by atoms with E-state index in [4.69, 9.17) is 5.73 Å². The van der Waals surface area contributed by atoms with Crippen LogP contribution in [0.4, 0.5) is 5.69 Å². The molecule has 2 rings (SSSR count). The van der Waals surface area contributed by atoms with Gasteiger partial charge >= 0.3 is 0 Å². The van der Waals surface area contributed by atoms with Crippen molar-refractivity contribution in [1.29, 1.82) is 0 Å². The van der Waals surface area contributed by atoms with Gasteiger partial charge in [-0.1, -0.05) is 6.07 Å². The Bertz CT molecular complexity index is 525. The summed E-state index contributed by atoms with van der Waals surface area (Å²) >= 11 is 0. The summed E-state index contributed by atoms with van der Waals surface area (Å²) in [5, 5.41) is 0. The molecule has 0 bridgehead atoms. The van der Waals surface area contributed by atoms with Gasteiger partial charge in [0.05, 0.1) is 16.3 Å². The molecule has 1 aliphatic heterocycles. The number of nitrogens with two attached hydrogens (primary N) is 1. The predicted octanol–water partition coefficient (Wildman–Crippen LogP) is 0.936. The molecule has 94 valence electrons. The lowest BCUT2D eigenvalue weighted by Gasteiger charge is -2.35. The normalized spacial score (nSPS) is 19.8. The summed E-state index contributed by atoms with van der Waals surface area (Å²) in [6.45, 7) is 5.03. The van der Waals surface area contributed by atoms with Crippen LogP contribution in [0.25, 0.3) is 0 Å². The zero-order valence-electron chi connectivity index (χ0n) is 10.2. The van der Waals surface area contributed by atoms with Crippen molar-refractivity contribution in [2.45, 2.75) is 24.8 Å². The second-order valence-corrected chi connectivity index (χ2v) is 6.65. The number of fused-ring (bicyclic) bond motifs is 1. The highest BCUT2D eigenvalue weighted by Crippen LogP contribution is 2.32. The summed E-state index contributed by atoms with van der Waals surface area (Å²) in [7, 11) is -3.12. The largest absolute Gasteiger partial charge is 0.365 e. The lowest BCUT2D eigenvalue weighted by Crippen LogP contribution is -2.44. The van der Waals surface area contributed by atoms with Gasteiger partial charge in [-0.2, -0.15) is 0 Å². The Morgan fingerprint density at radius 2 is 2.18 bits per heavy atom. The number of anilines is 1. The first kappa shape index (κ1) is 12.4. The Morgan fingerprint density at radius 1 is 1.47 bits per heavy atom. The molecule has 1 aromatic carbocycles. The molecular weight excluding hydrogens is 236 g/mol. The molecule has 0 aromatic heterocycles. The third-order valence-corrected chi connectivity index (χ3v) is 4.97. The molecule has 4 nitrogen and oxygen atoms in total. The average Bonchev–Trinajstić information content (AvgIpc) is 2.27. The van der Waals surface area contributed by atoms with Crippen LogP contribution < -0.4 is 10.6 Å². The molecule has 1 aliphatic rings. The standard InChI is InChI=1S/C12H18N2O2S/c1-9-3-4-12-11(7-9)14(10(2)8-13)5-6-17(12,15)16/h3-4,7,10H,5-6,8,13H2,1-2H3. The summed E-state index contributed by atoms with van der Waals surface area (Å²) in [6, 6.07) is 5.63. The molecular formula is C12H18N2O2S. The third-order valence-electron chi connectivity index (χ3n) is 3.23. The van der Waals surface area contributed by atoms with Crippen LogP contribution >= 0.6 is 0 Å². The monoisotopic (exact) mass is 254 g/mol. The van der Waals surface area contributed by atoms with E-state index in [1.165, 1.54) is 0 Å². The topological polar surface area (TPSA) is 63.4 Å². The number of aryl methyl sites for hydroxylation is 1. The quantitative estimate of drug-likeness (QED) is 0.853. The number of sulfone groups is 1. The van der Waals surface area contributed by atoms with E-state index >= 15 is 0 Å². The van der Waals surface area contributed by atoms with Crippen LogP contribution in [0, 0.1) is 6.92 Å². The number of benzene rings is 1. The molecule has 0 radical (unpaired) electrons. The summed E-state index contributed by atoms with van der Waals surface area (Å²) in [4.78, 5) is 2.53. The lowest BCUT2D eigenvalue weighted by atomic mass is 10.1. The molecule has 1 atom stereocenters. The van der Waals surface area contributed by atoms with Crippen molar-refractivity contribution in [1.82, 2.24) is 0 Å². The molecule has 17 heavy (non-hydrogen) atoms. The minimum absolute atomic E-state index is 0.158. The first-order valence-corrected chi connectivity index (χ1v) is 7.41. The second-order valence-electron chi connectivity index (χ2n) is 4.57. The predicted molar refractivity (Wildman–Crippen MR) is 69.1 cm³/mol. The Kier molecular flexibility index (Phi) is 3.14. The second kappa shape index (κ2) is 4.31. The molecule has 1 unspecified atom stereocenters. The maximum atomic E-state index is 12.0. The van der Waals surface area contributed by atoms with Crippen LogP contribution in [0.1, 0.15) is 12.5 Å². The van der Waals surface area contributed by atoms with Gasteiger partial charge in [-0.05, 0) is 31.5 Å². The summed E-state index contributed by atoms with van der Waals surface area (Å²) in [5.41, 5.74) is 7.54. The molecule has 0 amide bonds. The Hall–Kier alpha value is -1.07. The van der Waals surface area contributed by atoms with Crippen molar-refractivity contribution in [3.05, 3.63) is 23.8 Å². The fraction of sp³-hybridized carbons (Fsp3) is 0.500. The van der Waals surface area contributed by atoms with E-state index in [2.05, 4.69) is 4.90 Å². The van der Waals surface area contributed by atoms with E-state index in [9.17, 15) is 8.42 Å². The first-order valence-electron chi connectivity index (χ1n) is 5.76. The highest BCUT2D eigenvalue weighted by molar-refractivity contribution is 7.91. The van der Waals surface area contributed by atoms with E-state index in [-0.39, 0.29) is 11.8 Å². The Labute approximate surface area is 102 Å². The van der Waals surface area contributed by atoms with Crippen molar-refractivity contribution in [3.8, 4) is 0 Å². The smallest absolute Gasteiger partial charge is 0.182 e. The number of nitrogens with zero attached hydrogens (tertiary/aromatic N) is 1. The van der Waals surface area contributed by atoms with Crippen LogP contribution in [-0.2, 0) is 9.84 Å². The van der Waals surface area contributed by atoms with Crippen LogP contribution in [0.5, 0.6) is 0 Å². The van der Waals surface area contributed by atoms with Crippen molar-refractivity contribution >= 4 is 15.5 Å². The van der Waals surface area contributed by atoms with E-state index in [0.29, 0.717) is 18.0 Å². The van der Waals surface area contributed by atoms with Crippen LogP contribution in [0.2, 0.25) is 0 Å². The van der Waals surface area contributed by atoms with E-state index in [0.717, 1.165) is 11.3 Å². The van der Waals surface area contributed by atoms with Gasteiger partial charge < -0.3 is 10.6 Å². The minimum atomic E-state index is -3.12. The molecule has 1 heterocycles. The maximum Gasteiger partial charge on any atom is 0.182 e. The SMILES string of the molecule is Cc1ccc2c(c1)N(C(C)CN)CCS2(=O)=O. The first-order chi connectivity index (χ1) is 7.95. The van der Waals surface area contributed by atoms with Crippen LogP contribution in [-0.4, -0.2) is 33.3 Å². The van der Waals surface area contributed by atoms with E-state index < -0.39 is 9.84 Å². The molecule has 0 saturated heterocycles. The number of rotatable bonds is 2. The molecule has 0 fully saturated rings. The molecule has 1 aromatic rings. The lowest BCUT2D eigenvalue weighted by molar-refractivity contribution is 0.579. The van der Waals surface area contributed by atoms with Gasteiger partial charge in [-0.25, -0.2) is 8.42 Å². The zero-order valence-corrected chi connectivity index (χ0v) is 11.0. The van der Waals surface area contributed by atoms with Gasteiger partial charge in [0.2, 0.25) is 0 Å². The Morgan fingerprint density at radius 3 is 2.82 bits per heavy atom. The van der Waals surface area contributed by atoms with E-state index in [1.54, 1.807) is 6.07 Å². The average molecular weight is 254 g/mol. The highest BCUT2D eigenvalue weighted by Gasteiger charge is 2.30. The van der Waals surface area contributed by atoms with Gasteiger partial charge in [0.1, 0.15) is 0 Å². The van der Waals surface area contributed by atoms with Crippen LogP contribution in [0.3, 0.4) is 0 Å². The summed E-state index contributed by atoms with van der Waals surface area (Å²) in [6.07, 6.45) is 0. The molecule has 0 saturated carbocycles. The van der Waals surface area contributed by atoms with Crippen molar-refractivity contribution in [3.63, 3.8) is 0 Å². The maximum absolute atomic E-state index is 12.0. The highest BCUT2D eigenvalue weighted by atomic mass is 32.2. The number of hydrogen-bond acceptors (Lipinski definition) is 4. The summed E-state index contributed by atoms with van der Waals surface area (Å²) < 4.78 is 24.0. The van der Waals surface area contributed by atoms with Gasteiger partial charge in [0.15, 0.2) is 9.84 Å². The summed E-state index contributed by atoms with van der Waals surface area (Å²) in [5.74, 6) is 0.174. The third kappa shape index (κ3) is 2.17. The molecule has 2 N–H and O–H groups in total. The van der Waals surface area contributed by atoms with E-state index in [1.807, 2.05) is 26.0 Å². The van der Waals surface area contributed by atoms with Gasteiger partial charge in [0, 0.05) is 19.1 Å². The fourth-order valence-electron chi connectivity index (χ4n) is 2.15. The van der Waals surface area contributed by atoms with Gasteiger partial charge in [-0.3, -0.25) is 0 Å². The fourth-order valence-corrected chi connectivity index (χ4v) is 3.58. The van der Waals surface area contributed by atoms with Crippen molar-refractivity contribution in [2.24, 2.45) is 5.73 Å². The number of hydrogen-bond donors (Lipinski definition) is 1. The Balaban J connectivity index is 2.57. The molecule has 0 aliphatic carbocycles. The minimum Gasteiger partial charge on any atom is -0.365 e. The van der Waals surface area contributed by atoms with Crippen LogP contribution in [0.15, 0.2) is 23.1 Å². The zero-order chi connectivity index (χ0) is 12.6.